The highest BCUT2D eigenvalue weighted by molar-refractivity contribution is 7.89. The molecular weight excluding hydrogens is 288 g/mol. The second-order valence-corrected chi connectivity index (χ2v) is 6.76. The predicted octanol–water partition coefficient (Wildman–Crippen LogP) is 1.33. The number of benzene rings is 1. The maximum absolute atomic E-state index is 12.5. The van der Waals surface area contributed by atoms with Crippen molar-refractivity contribution < 1.29 is 13.2 Å². The van der Waals surface area contributed by atoms with E-state index in [0.29, 0.717) is 30.4 Å². The summed E-state index contributed by atoms with van der Waals surface area (Å²) in [6.07, 6.45) is 0. The van der Waals surface area contributed by atoms with E-state index in [9.17, 15) is 8.42 Å². The van der Waals surface area contributed by atoms with Gasteiger partial charge in [0.2, 0.25) is 10.0 Å². The zero-order valence-electron chi connectivity index (χ0n) is 10.9. The number of ether oxygens (including phenoxy) is 1. The van der Waals surface area contributed by atoms with E-state index in [-0.39, 0.29) is 10.9 Å². The van der Waals surface area contributed by atoms with Crippen molar-refractivity contribution in [3.05, 3.63) is 23.2 Å². The van der Waals surface area contributed by atoms with E-state index in [2.05, 4.69) is 5.32 Å². The van der Waals surface area contributed by atoms with Gasteiger partial charge in [0.15, 0.2) is 0 Å². The molecule has 2 rings (SSSR count). The van der Waals surface area contributed by atoms with Crippen molar-refractivity contribution in [2.24, 2.45) is 0 Å². The van der Waals surface area contributed by atoms with Crippen LogP contribution in [0.2, 0.25) is 5.02 Å². The smallest absolute Gasteiger partial charge is 0.243 e. The average molecular weight is 305 g/mol. The molecule has 0 radical (unpaired) electrons. The Morgan fingerprint density at radius 1 is 1.47 bits per heavy atom. The Kier molecular flexibility index (Phi) is 4.35. The van der Waals surface area contributed by atoms with Crippen molar-refractivity contribution in [1.82, 2.24) is 9.62 Å². The van der Waals surface area contributed by atoms with Crippen molar-refractivity contribution in [2.75, 3.05) is 26.7 Å². The van der Waals surface area contributed by atoms with E-state index < -0.39 is 10.0 Å². The first-order valence-corrected chi connectivity index (χ1v) is 7.84. The lowest BCUT2D eigenvalue weighted by atomic mass is 10.3. The second kappa shape index (κ2) is 5.66. The first kappa shape index (κ1) is 14.6. The van der Waals surface area contributed by atoms with Gasteiger partial charge in [-0.05, 0) is 25.1 Å². The Bertz CT molecular complexity index is 562. The Morgan fingerprint density at radius 3 is 2.79 bits per heavy atom. The lowest BCUT2D eigenvalue weighted by molar-refractivity contribution is 0.284. The van der Waals surface area contributed by atoms with Gasteiger partial charge in [0.05, 0.1) is 17.0 Å². The zero-order valence-corrected chi connectivity index (χ0v) is 12.5. The molecule has 1 N–H and O–H groups in total. The molecule has 0 aromatic heterocycles. The average Bonchev–Trinajstić information content (AvgIpc) is 2.39. The van der Waals surface area contributed by atoms with Crippen molar-refractivity contribution in [2.45, 2.75) is 17.9 Å². The van der Waals surface area contributed by atoms with Gasteiger partial charge in [0.1, 0.15) is 5.75 Å². The van der Waals surface area contributed by atoms with Crippen molar-refractivity contribution >= 4 is 21.6 Å². The van der Waals surface area contributed by atoms with Gasteiger partial charge in [-0.2, -0.15) is 4.31 Å². The lowest BCUT2D eigenvalue weighted by Gasteiger charge is -2.32. The summed E-state index contributed by atoms with van der Waals surface area (Å²) in [4.78, 5) is 0.201. The highest BCUT2D eigenvalue weighted by Gasteiger charge is 2.31. The molecule has 1 heterocycles. The van der Waals surface area contributed by atoms with Gasteiger partial charge >= 0.3 is 0 Å². The normalized spacial score (nSPS) is 21.3. The first-order valence-electron chi connectivity index (χ1n) is 6.03. The number of piperazine rings is 1. The topological polar surface area (TPSA) is 58.6 Å². The fourth-order valence-corrected chi connectivity index (χ4v) is 4.10. The molecule has 1 aliphatic heterocycles. The molecule has 1 saturated heterocycles. The van der Waals surface area contributed by atoms with E-state index >= 15 is 0 Å². The summed E-state index contributed by atoms with van der Waals surface area (Å²) >= 11 is 5.99. The molecule has 0 saturated carbocycles. The predicted molar refractivity (Wildman–Crippen MR) is 74.2 cm³/mol. The summed E-state index contributed by atoms with van der Waals surface area (Å²) in [5, 5.41) is 3.46. The van der Waals surface area contributed by atoms with Crippen LogP contribution in [0, 0.1) is 0 Å². The van der Waals surface area contributed by atoms with Gasteiger partial charge < -0.3 is 10.1 Å². The first-order chi connectivity index (χ1) is 8.96. The van der Waals surface area contributed by atoms with Crippen molar-refractivity contribution in [1.29, 1.82) is 0 Å². The van der Waals surface area contributed by atoms with Crippen LogP contribution in [0.15, 0.2) is 23.1 Å². The van der Waals surface area contributed by atoms with Crippen LogP contribution in [0.4, 0.5) is 0 Å². The summed E-state index contributed by atoms with van der Waals surface area (Å²) in [6.45, 7) is 3.67. The molecule has 0 amide bonds. The van der Waals surface area contributed by atoms with Crippen LogP contribution in [-0.2, 0) is 10.0 Å². The molecule has 1 unspecified atom stereocenters. The molecule has 1 aromatic rings. The molecule has 1 aliphatic rings. The van der Waals surface area contributed by atoms with E-state index in [0.717, 1.165) is 0 Å². The monoisotopic (exact) mass is 304 g/mol. The van der Waals surface area contributed by atoms with Crippen LogP contribution < -0.4 is 10.1 Å². The highest BCUT2D eigenvalue weighted by Crippen LogP contribution is 2.29. The number of rotatable bonds is 3. The SMILES string of the molecule is COc1ccc(S(=O)(=O)N2CCNCC2C)cc1Cl. The standard InChI is InChI=1S/C12H17ClN2O3S/c1-9-8-14-5-6-15(9)19(16,17)10-3-4-12(18-2)11(13)7-10/h3-4,7,9,14H,5-6,8H2,1-2H3. The summed E-state index contributed by atoms with van der Waals surface area (Å²) in [6, 6.07) is 4.46. The Morgan fingerprint density at radius 2 is 2.21 bits per heavy atom. The molecule has 5 nitrogen and oxygen atoms in total. The number of halogens is 1. The van der Waals surface area contributed by atoms with E-state index in [1.54, 1.807) is 6.07 Å². The Labute approximate surface area is 118 Å². The molecule has 1 atom stereocenters. The molecule has 1 fully saturated rings. The van der Waals surface area contributed by atoms with Gasteiger partial charge in [0.25, 0.3) is 0 Å². The summed E-state index contributed by atoms with van der Waals surface area (Å²) in [5.74, 6) is 0.467. The van der Waals surface area contributed by atoms with E-state index in [4.69, 9.17) is 16.3 Å². The fourth-order valence-electron chi connectivity index (χ4n) is 2.12. The van der Waals surface area contributed by atoms with Gasteiger partial charge in [0, 0.05) is 25.7 Å². The van der Waals surface area contributed by atoms with Crippen LogP contribution >= 0.6 is 11.6 Å². The molecule has 0 spiro atoms. The third-order valence-corrected chi connectivity index (χ3v) is 5.48. The van der Waals surface area contributed by atoms with E-state index in [1.807, 2.05) is 6.92 Å². The summed E-state index contributed by atoms with van der Waals surface area (Å²) < 4.78 is 31.6. The Balaban J connectivity index is 2.36. The number of hydrogen-bond acceptors (Lipinski definition) is 4. The molecule has 19 heavy (non-hydrogen) atoms. The minimum Gasteiger partial charge on any atom is -0.495 e. The minimum absolute atomic E-state index is 0.0698. The van der Waals surface area contributed by atoms with Gasteiger partial charge in [-0.15, -0.1) is 0 Å². The molecule has 0 bridgehead atoms. The summed E-state index contributed by atoms with van der Waals surface area (Å²) in [7, 11) is -2.01. The van der Waals surface area contributed by atoms with Crippen LogP contribution in [0.25, 0.3) is 0 Å². The molecular formula is C12H17ClN2O3S. The van der Waals surface area contributed by atoms with Crippen LogP contribution in [0.5, 0.6) is 5.75 Å². The largest absolute Gasteiger partial charge is 0.495 e. The van der Waals surface area contributed by atoms with Crippen molar-refractivity contribution in [3.8, 4) is 5.75 Å². The molecule has 7 heteroatoms. The number of nitrogens with one attached hydrogen (secondary N) is 1. The highest BCUT2D eigenvalue weighted by atomic mass is 35.5. The minimum atomic E-state index is -3.51. The Hall–Kier alpha value is -0.820. The second-order valence-electron chi connectivity index (χ2n) is 4.47. The van der Waals surface area contributed by atoms with Crippen LogP contribution in [-0.4, -0.2) is 45.5 Å². The lowest BCUT2D eigenvalue weighted by Crippen LogP contribution is -2.52. The third kappa shape index (κ3) is 2.86. The molecule has 0 aliphatic carbocycles. The van der Waals surface area contributed by atoms with E-state index in [1.165, 1.54) is 23.5 Å². The number of sulfonamides is 1. The number of hydrogen-bond donors (Lipinski definition) is 1. The van der Waals surface area contributed by atoms with Gasteiger partial charge in [-0.25, -0.2) is 8.42 Å². The van der Waals surface area contributed by atoms with Crippen LogP contribution in [0.1, 0.15) is 6.92 Å². The maximum Gasteiger partial charge on any atom is 0.243 e. The molecule has 106 valence electrons. The number of nitrogens with zero attached hydrogens (tertiary/aromatic N) is 1. The zero-order chi connectivity index (χ0) is 14.0. The maximum atomic E-state index is 12.5. The van der Waals surface area contributed by atoms with Crippen molar-refractivity contribution in [3.63, 3.8) is 0 Å². The summed E-state index contributed by atoms with van der Waals surface area (Å²) in [5.41, 5.74) is 0. The molecule has 1 aromatic carbocycles. The number of methoxy groups -OCH3 is 1. The van der Waals surface area contributed by atoms with Crippen LogP contribution in [0.3, 0.4) is 0 Å². The third-order valence-electron chi connectivity index (χ3n) is 3.17. The van der Waals surface area contributed by atoms with Gasteiger partial charge in [-0.3, -0.25) is 0 Å². The fraction of sp³-hybridized carbons (Fsp3) is 0.500. The quantitative estimate of drug-likeness (QED) is 0.915. The van der Waals surface area contributed by atoms with Gasteiger partial charge in [-0.1, -0.05) is 11.6 Å².